The summed E-state index contributed by atoms with van der Waals surface area (Å²) < 4.78 is 13.2. The number of carbonyl (C=O) groups is 1. The highest BCUT2D eigenvalue weighted by Gasteiger charge is 2.30. The molecular formula is C23H23FN4O. The van der Waals surface area contributed by atoms with Crippen LogP contribution in [-0.2, 0) is 11.3 Å². The van der Waals surface area contributed by atoms with Gasteiger partial charge in [-0.2, -0.15) is 0 Å². The Hall–Kier alpha value is -3.12. The van der Waals surface area contributed by atoms with E-state index in [0.717, 1.165) is 47.6 Å². The fourth-order valence-electron chi connectivity index (χ4n) is 3.69. The smallest absolute Gasteiger partial charge is 0.241 e. The summed E-state index contributed by atoms with van der Waals surface area (Å²) in [6, 6.07) is 13.8. The van der Waals surface area contributed by atoms with E-state index in [4.69, 9.17) is 0 Å². The Labute approximate surface area is 169 Å². The Morgan fingerprint density at radius 3 is 2.66 bits per heavy atom. The normalized spacial score (nSPS) is 16.7. The number of nitrogens with one attached hydrogen (secondary N) is 1. The average molecular weight is 390 g/mol. The van der Waals surface area contributed by atoms with Gasteiger partial charge in [-0.05, 0) is 61.7 Å². The van der Waals surface area contributed by atoms with E-state index in [1.807, 2.05) is 43.6 Å². The van der Waals surface area contributed by atoms with Gasteiger partial charge in [0.15, 0.2) is 0 Å². The van der Waals surface area contributed by atoms with Crippen molar-refractivity contribution in [3.63, 3.8) is 0 Å². The van der Waals surface area contributed by atoms with Crippen LogP contribution < -0.4 is 5.32 Å². The summed E-state index contributed by atoms with van der Waals surface area (Å²) in [6.07, 6.45) is 5.46. The molecule has 1 fully saturated rings. The van der Waals surface area contributed by atoms with Gasteiger partial charge in [-0.3, -0.25) is 9.69 Å². The highest BCUT2D eigenvalue weighted by atomic mass is 19.1. The molecule has 0 spiro atoms. The van der Waals surface area contributed by atoms with Crippen molar-refractivity contribution in [3.8, 4) is 11.1 Å². The van der Waals surface area contributed by atoms with Gasteiger partial charge in [-0.25, -0.2) is 14.4 Å². The van der Waals surface area contributed by atoms with Crippen LogP contribution in [0.3, 0.4) is 0 Å². The maximum Gasteiger partial charge on any atom is 0.241 e. The number of halogens is 1. The number of likely N-dealkylation sites (tertiary alicyclic amines) is 1. The molecule has 0 saturated carbocycles. The van der Waals surface area contributed by atoms with E-state index < -0.39 is 0 Å². The number of carbonyl (C=O) groups excluding carboxylic acids is 1. The molecule has 1 aliphatic rings. The molecule has 1 aromatic heterocycles. The minimum Gasteiger partial charge on any atom is -0.325 e. The van der Waals surface area contributed by atoms with Gasteiger partial charge < -0.3 is 5.32 Å². The van der Waals surface area contributed by atoms with Crippen molar-refractivity contribution in [1.82, 2.24) is 14.9 Å². The van der Waals surface area contributed by atoms with Gasteiger partial charge in [0.05, 0.1) is 6.04 Å². The summed E-state index contributed by atoms with van der Waals surface area (Å²) in [5.41, 5.74) is 3.59. The van der Waals surface area contributed by atoms with Gasteiger partial charge >= 0.3 is 0 Å². The molecule has 1 atom stereocenters. The molecule has 29 heavy (non-hydrogen) atoms. The van der Waals surface area contributed by atoms with Gasteiger partial charge in [0.25, 0.3) is 0 Å². The maximum atomic E-state index is 13.2. The second-order valence-electron chi connectivity index (χ2n) is 7.34. The van der Waals surface area contributed by atoms with E-state index in [-0.39, 0.29) is 17.8 Å². The van der Waals surface area contributed by atoms with Gasteiger partial charge in [0.2, 0.25) is 5.91 Å². The van der Waals surface area contributed by atoms with Crippen LogP contribution in [0.4, 0.5) is 10.1 Å². The minimum atomic E-state index is -0.265. The molecule has 0 unspecified atom stereocenters. The van der Waals surface area contributed by atoms with Crippen molar-refractivity contribution >= 4 is 11.6 Å². The Balaban J connectivity index is 1.45. The van der Waals surface area contributed by atoms with Crippen LogP contribution in [0.15, 0.2) is 60.9 Å². The highest BCUT2D eigenvalue weighted by Crippen LogP contribution is 2.25. The van der Waals surface area contributed by atoms with Gasteiger partial charge in [-0.1, -0.05) is 24.3 Å². The third-order valence-corrected chi connectivity index (χ3v) is 5.19. The van der Waals surface area contributed by atoms with Crippen LogP contribution in [0.1, 0.15) is 24.2 Å². The van der Waals surface area contributed by atoms with E-state index in [1.54, 1.807) is 12.1 Å². The summed E-state index contributed by atoms with van der Waals surface area (Å²) in [7, 11) is 0. The quantitative estimate of drug-likeness (QED) is 0.710. The Morgan fingerprint density at radius 1 is 1.14 bits per heavy atom. The first-order valence-corrected chi connectivity index (χ1v) is 9.77. The first-order chi connectivity index (χ1) is 14.1. The van der Waals surface area contributed by atoms with Gasteiger partial charge in [-0.15, -0.1) is 0 Å². The lowest BCUT2D eigenvalue weighted by Gasteiger charge is -2.23. The number of rotatable bonds is 5. The Kier molecular flexibility index (Phi) is 5.62. The first-order valence-electron chi connectivity index (χ1n) is 9.77. The number of nitrogens with zero attached hydrogens (tertiary/aromatic N) is 3. The SMILES string of the molecule is Cc1ncc(CN2CCC[C@@H]2C(=O)Nc2cccc(-c3ccc(F)cc3)c2)cn1. The van der Waals surface area contributed by atoms with Gasteiger partial charge in [0.1, 0.15) is 11.6 Å². The topological polar surface area (TPSA) is 58.1 Å². The zero-order valence-electron chi connectivity index (χ0n) is 16.3. The third kappa shape index (κ3) is 4.66. The van der Waals surface area contributed by atoms with Crippen LogP contribution in [0.2, 0.25) is 0 Å². The van der Waals surface area contributed by atoms with E-state index in [9.17, 15) is 9.18 Å². The molecule has 2 aromatic carbocycles. The molecule has 0 bridgehead atoms. The van der Waals surface area contributed by atoms with E-state index in [0.29, 0.717) is 6.54 Å². The third-order valence-electron chi connectivity index (χ3n) is 5.19. The molecule has 0 radical (unpaired) electrons. The first kappa shape index (κ1) is 19.2. The van der Waals surface area contributed by atoms with Crippen molar-refractivity contribution in [3.05, 3.63) is 78.1 Å². The molecular weight excluding hydrogens is 367 g/mol. The largest absolute Gasteiger partial charge is 0.325 e. The molecule has 4 rings (SSSR count). The standard InChI is InChI=1S/C23H23FN4O/c1-16-25-13-17(14-26-16)15-28-11-3-6-22(28)23(29)27-21-5-2-4-19(12-21)18-7-9-20(24)10-8-18/h2,4-5,7-10,12-14,22H,3,6,11,15H2,1H3,(H,27,29)/t22-/m1/s1. The highest BCUT2D eigenvalue weighted by molar-refractivity contribution is 5.95. The maximum absolute atomic E-state index is 13.2. The number of hydrogen-bond acceptors (Lipinski definition) is 4. The minimum absolute atomic E-state index is 0.00761. The van der Waals surface area contributed by atoms with Gasteiger partial charge in [0, 0.05) is 30.2 Å². The van der Waals surface area contributed by atoms with Crippen molar-refractivity contribution in [2.45, 2.75) is 32.4 Å². The number of hydrogen-bond donors (Lipinski definition) is 1. The van der Waals surface area contributed by atoms with Crippen LogP contribution >= 0.6 is 0 Å². The molecule has 2 heterocycles. The molecule has 0 aliphatic carbocycles. The number of benzene rings is 2. The van der Waals surface area contributed by atoms with E-state index in [2.05, 4.69) is 20.2 Å². The van der Waals surface area contributed by atoms with Crippen molar-refractivity contribution < 1.29 is 9.18 Å². The van der Waals surface area contributed by atoms with E-state index in [1.165, 1.54) is 12.1 Å². The number of aromatic nitrogens is 2. The van der Waals surface area contributed by atoms with Crippen molar-refractivity contribution in [2.75, 3.05) is 11.9 Å². The molecule has 3 aromatic rings. The lowest BCUT2D eigenvalue weighted by atomic mass is 10.0. The van der Waals surface area contributed by atoms with E-state index >= 15 is 0 Å². The lowest BCUT2D eigenvalue weighted by Crippen LogP contribution is -2.39. The monoisotopic (exact) mass is 390 g/mol. The molecule has 1 amide bonds. The molecule has 1 saturated heterocycles. The summed E-state index contributed by atoms with van der Waals surface area (Å²) >= 11 is 0. The number of anilines is 1. The summed E-state index contributed by atoms with van der Waals surface area (Å²) in [4.78, 5) is 23.6. The number of amides is 1. The van der Waals surface area contributed by atoms with Crippen molar-refractivity contribution in [2.24, 2.45) is 0 Å². The zero-order chi connectivity index (χ0) is 20.2. The molecule has 6 heteroatoms. The predicted octanol–water partition coefficient (Wildman–Crippen LogP) is 4.19. The van der Waals surface area contributed by atoms with Crippen LogP contribution in [0, 0.1) is 12.7 Å². The van der Waals surface area contributed by atoms with Crippen LogP contribution in [0.25, 0.3) is 11.1 Å². The average Bonchev–Trinajstić information content (AvgIpc) is 3.19. The fourth-order valence-corrected chi connectivity index (χ4v) is 3.69. The predicted molar refractivity (Wildman–Crippen MR) is 111 cm³/mol. The summed E-state index contributed by atoms with van der Waals surface area (Å²) in [6.45, 7) is 3.39. The lowest BCUT2D eigenvalue weighted by molar-refractivity contribution is -0.120. The second kappa shape index (κ2) is 8.49. The summed E-state index contributed by atoms with van der Waals surface area (Å²) in [5.74, 6) is 0.468. The van der Waals surface area contributed by atoms with Crippen LogP contribution in [-0.4, -0.2) is 33.4 Å². The summed E-state index contributed by atoms with van der Waals surface area (Å²) in [5, 5.41) is 3.04. The molecule has 1 aliphatic heterocycles. The second-order valence-corrected chi connectivity index (χ2v) is 7.34. The molecule has 1 N–H and O–H groups in total. The Morgan fingerprint density at radius 2 is 1.90 bits per heavy atom. The number of aryl methyl sites for hydroxylation is 1. The zero-order valence-corrected chi connectivity index (χ0v) is 16.3. The Bertz CT molecular complexity index is 989. The molecule has 5 nitrogen and oxygen atoms in total. The molecule has 148 valence electrons. The fraction of sp³-hybridized carbons (Fsp3) is 0.261. The van der Waals surface area contributed by atoms with Crippen LogP contribution in [0.5, 0.6) is 0 Å². The van der Waals surface area contributed by atoms with Crippen molar-refractivity contribution in [1.29, 1.82) is 0 Å².